The smallest absolute Gasteiger partial charge is 0.248 e. The molecule has 0 bridgehead atoms. The summed E-state index contributed by atoms with van der Waals surface area (Å²) in [6.07, 6.45) is 2.62. The third-order valence-electron chi connectivity index (χ3n) is 7.03. The second-order valence-electron chi connectivity index (χ2n) is 12.0. The van der Waals surface area contributed by atoms with Gasteiger partial charge in [0, 0.05) is 18.4 Å². The third-order valence-corrected chi connectivity index (χ3v) is 7.03. The Bertz CT molecular complexity index is 1090. The summed E-state index contributed by atoms with van der Waals surface area (Å²) in [5.41, 5.74) is 5.15. The topological polar surface area (TPSA) is 102 Å². The fourth-order valence-electron chi connectivity index (χ4n) is 5.07. The number of nitrogens with zero attached hydrogens (tertiary/aromatic N) is 1. The van der Waals surface area contributed by atoms with E-state index in [0.29, 0.717) is 26.0 Å². The van der Waals surface area contributed by atoms with E-state index in [4.69, 9.17) is 10.5 Å². The second kappa shape index (κ2) is 12.2. The van der Waals surface area contributed by atoms with E-state index in [-0.39, 0.29) is 18.3 Å². The van der Waals surface area contributed by atoms with Gasteiger partial charge >= 0.3 is 0 Å². The van der Waals surface area contributed by atoms with Gasteiger partial charge < -0.3 is 20.7 Å². The number of ether oxygens (including phenoxy) is 1. The lowest BCUT2D eigenvalue weighted by molar-refractivity contribution is -0.157. The molecule has 1 saturated heterocycles. The highest BCUT2D eigenvalue weighted by atomic mass is 16.5. The number of Topliss-reactive ketones (excluding diaryl/α,β-unsaturated/α-hetero) is 1. The van der Waals surface area contributed by atoms with Crippen LogP contribution in [0.15, 0.2) is 60.7 Å². The lowest BCUT2D eigenvalue weighted by atomic mass is 9.69. The average Bonchev–Trinajstić information content (AvgIpc) is 2.87. The molecule has 1 heterocycles. The molecule has 38 heavy (non-hydrogen) atoms. The summed E-state index contributed by atoms with van der Waals surface area (Å²) < 4.78 is 5.93. The number of hydrogen-bond donors (Lipinski definition) is 2. The van der Waals surface area contributed by atoms with Crippen molar-refractivity contribution < 1.29 is 19.1 Å². The first kappa shape index (κ1) is 29.5. The van der Waals surface area contributed by atoms with E-state index in [1.165, 1.54) is 0 Å². The lowest BCUT2D eigenvalue weighted by Gasteiger charge is -2.49. The van der Waals surface area contributed by atoms with Crippen molar-refractivity contribution in [2.24, 2.45) is 11.1 Å². The number of hydrogen-bond acceptors (Lipinski definition) is 5. The minimum absolute atomic E-state index is 0.0244. The summed E-state index contributed by atoms with van der Waals surface area (Å²) in [6.45, 7) is 9.59. The van der Waals surface area contributed by atoms with Crippen LogP contribution in [0.5, 0.6) is 0 Å². The minimum atomic E-state index is -1.18. The molecule has 2 atom stereocenters. The van der Waals surface area contributed by atoms with E-state index >= 15 is 0 Å². The molecular formula is C31H43N3O4. The minimum Gasteiger partial charge on any atom is -0.374 e. The van der Waals surface area contributed by atoms with Gasteiger partial charge in [-0.2, -0.15) is 0 Å². The Morgan fingerprint density at radius 2 is 1.53 bits per heavy atom. The lowest BCUT2D eigenvalue weighted by Crippen LogP contribution is -2.67. The van der Waals surface area contributed by atoms with Gasteiger partial charge in [-0.1, -0.05) is 81.4 Å². The first-order valence-electron chi connectivity index (χ1n) is 13.5. The summed E-state index contributed by atoms with van der Waals surface area (Å²) in [7, 11) is 0. The zero-order chi connectivity index (χ0) is 28.0. The Hall–Kier alpha value is -3.03. The Labute approximate surface area is 227 Å². The Morgan fingerprint density at radius 3 is 2.08 bits per heavy atom. The molecule has 0 radical (unpaired) electrons. The van der Waals surface area contributed by atoms with Crippen LogP contribution in [0.4, 0.5) is 0 Å². The van der Waals surface area contributed by atoms with Crippen molar-refractivity contribution in [3.63, 3.8) is 0 Å². The van der Waals surface area contributed by atoms with Gasteiger partial charge in [-0.3, -0.25) is 14.4 Å². The fourth-order valence-corrected chi connectivity index (χ4v) is 5.07. The van der Waals surface area contributed by atoms with Crippen molar-refractivity contribution in [1.82, 2.24) is 10.2 Å². The molecule has 2 aromatic rings. The highest BCUT2D eigenvalue weighted by Gasteiger charge is 2.52. The van der Waals surface area contributed by atoms with E-state index in [9.17, 15) is 14.4 Å². The van der Waals surface area contributed by atoms with Crippen molar-refractivity contribution >= 4 is 17.6 Å². The number of carbonyl (C=O) groups is 3. The van der Waals surface area contributed by atoms with Gasteiger partial charge in [-0.25, -0.2) is 0 Å². The molecule has 7 nitrogen and oxygen atoms in total. The summed E-state index contributed by atoms with van der Waals surface area (Å²) >= 11 is 0. The molecule has 1 aliphatic rings. The normalized spacial score (nSPS) is 19.1. The number of ketones is 1. The monoisotopic (exact) mass is 521 g/mol. The van der Waals surface area contributed by atoms with Crippen molar-refractivity contribution in [2.45, 2.75) is 84.0 Å². The van der Waals surface area contributed by atoms with E-state index in [1.807, 2.05) is 81.4 Å². The van der Waals surface area contributed by atoms with Gasteiger partial charge in [0.2, 0.25) is 11.8 Å². The fraction of sp³-hybridized carbons (Fsp3) is 0.516. The van der Waals surface area contributed by atoms with E-state index in [1.54, 1.807) is 18.7 Å². The Morgan fingerprint density at radius 1 is 0.947 bits per heavy atom. The average molecular weight is 522 g/mol. The van der Waals surface area contributed by atoms with Crippen molar-refractivity contribution in [1.29, 1.82) is 0 Å². The van der Waals surface area contributed by atoms with Crippen molar-refractivity contribution in [3.8, 4) is 0 Å². The standard InChI is InChI=1S/C31H43N3O4/c1-29(2,3)27(36)31(20-23-14-8-6-9-15-23)18-12-13-19-34(31)26(35)25(33-28(37)30(4,5)32)22-38-21-24-16-10-7-11-17-24/h6-11,14-17,25H,12-13,18-22,32H2,1-5H3,(H,33,37)/t25-,31+/m1/s1. The van der Waals surface area contributed by atoms with Gasteiger partial charge in [0.15, 0.2) is 5.78 Å². The number of nitrogens with two attached hydrogens (primary N) is 1. The van der Waals surface area contributed by atoms with Crippen LogP contribution in [-0.4, -0.2) is 52.8 Å². The van der Waals surface area contributed by atoms with Gasteiger partial charge in [0.1, 0.15) is 11.6 Å². The highest BCUT2D eigenvalue weighted by molar-refractivity contribution is 5.99. The number of likely N-dealkylation sites (tertiary alicyclic amines) is 1. The van der Waals surface area contributed by atoms with Crippen LogP contribution in [0.3, 0.4) is 0 Å². The Kier molecular flexibility index (Phi) is 9.49. The zero-order valence-corrected chi connectivity index (χ0v) is 23.5. The summed E-state index contributed by atoms with van der Waals surface area (Å²) in [5.74, 6) is -0.743. The predicted molar refractivity (Wildman–Crippen MR) is 149 cm³/mol. The van der Waals surface area contributed by atoms with Crippen LogP contribution in [0.1, 0.15) is 65.0 Å². The second-order valence-corrected chi connectivity index (χ2v) is 12.0. The molecule has 2 aromatic carbocycles. The largest absolute Gasteiger partial charge is 0.374 e. The van der Waals surface area contributed by atoms with Crippen molar-refractivity contribution in [3.05, 3.63) is 71.8 Å². The zero-order valence-electron chi connectivity index (χ0n) is 23.5. The number of piperidine rings is 1. The van der Waals surface area contributed by atoms with Crippen LogP contribution >= 0.6 is 0 Å². The molecule has 0 aromatic heterocycles. The molecule has 0 saturated carbocycles. The molecule has 0 spiro atoms. The van der Waals surface area contributed by atoms with Crippen LogP contribution in [0.2, 0.25) is 0 Å². The van der Waals surface area contributed by atoms with Crippen LogP contribution in [0, 0.1) is 5.41 Å². The molecule has 2 amide bonds. The molecule has 1 fully saturated rings. The molecule has 0 unspecified atom stereocenters. The van der Waals surface area contributed by atoms with Crippen LogP contribution in [-0.2, 0) is 32.1 Å². The van der Waals surface area contributed by atoms with Crippen LogP contribution in [0.25, 0.3) is 0 Å². The van der Waals surface area contributed by atoms with Crippen LogP contribution < -0.4 is 11.1 Å². The maximum absolute atomic E-state index is 14.3. The summed E-state index contributed by atoms with van der Waals surface area (Å²) in [5, 5.41) is 2.83. The van der Waals surface area contributed by atoms with E-state index in [0.717, 1.165) is 24.0 Å². The number of amides is 2. The summed E-state index contributed by atoms with van der Waals surface area (Å²) in [6, 6.07) is 18.5. The quantitative estimate of drug-likeness (QED) is 0.492. The molecule has 0 aliphatic carbocycles. The molecule has 3 rings (SSSR count). The predicted octanol–water partition coefficient (Wildman–Crippen LogP) is 4.03. The maximum Gasteiger partial charge on any atom is 0.248 e. The highest BCUT2D eigenvalue weighted by Crippen LogP contribution is 2.38. The Balaban J connectivity index is 1.96. The van der Waals surface area contributed by atoms with E-state index in [2.05, 4.69) is 5.32 Å². The number of carbonyl (C=O) groups excluding carboxylic acids is 3. The number of nitrogens with one attached hydrogen (secondary N) is 1. The van der Waals surface area contributed by atoms with Gasteiger partial charge in [0.05, 0.1) is 18.8 Å². The van der Waals surface area contributed by atoms with Gasteiger partial charge in [-0.15, -0.1) is 0 Å². The first-order chi connectivity index (χ1) is 17.8. The molecule has 206 valence electrons. The molecule has 7 heteroatoms. The molecule has 1 aliphatic heterocycles. The van der Waals surface area contributed by atoms with Gasteiger partial charge in [-0.05, 0) is 44.2 Å². The molecule has 3 N–H and O–H groups in total. The van der Waals surface area contributed by atoms with E-state index < -0.39 is 28.4 Å². The number of benzene rings is 2. The first-order valence-corrected chi connectivity index (χ1v) is 13.5. The number of rotatable bonds is 10. The summed E-state index contributed by atoms with van der Waals surface area (Å²) in [4.78, 5) is 43.0. The third kappa shape index (κ3) is 7.29. The van der Waals surface area contributed by atoms with Gasteiger partial charge in [0.25, 0.3) is 0 Å². The SMILES string of the molecule is CC(C)(C)C(=O)[C@@]1(Cc2ccccc2)CCCCN1C(=O)[C@@H](COCc1ccccc1)NC(=O)C(C)(C)N. The maximum atomic E-state index is 14.3. The molecular weight excluding hydrogens is 478 g/mol. The van der Waals surface area contributed by atoms with Crippen molar-refractivity contribution in [2.75, 3.05) is 13.2 Å².